The topological polar surface area (TPSA) is 49.9 Å². The summed E-state index contributed by atoms with van der Waals surface area (Å²) in [6, 6.07) is 7.44. The maximum atomic E-state index is 12.6. The van der Waals surface area contributed by atoms with E-state index in [0.29, 0.717) is 18.7 Å². The third-order valence-electron chi connectivity index (χ3n) is 4.17. The minimum Gasteiger partial charge on any atom is -0.495 e. The van der Waals surface area contributed by atoms with Gasteiger partial charge in [-0.25, -0.2) is 0 Å². The number of ether oxygens (including phenoxy) is 1. The van der Waals surface area contributed by atoms with Gasteiger partial charge in [-0.15, -0.1) is 0 Å². The smallest absolute Gasteiger partial charge is 0.228 e. The summed E-state index contributed by atoms with van der Waals surface area (Å²) in [5.41, 5.74) is 0.750. The van der Waals surface area contributed by atoms with E-state index in [2.05, 4.69) is 0 Å². The maximum absolute atomic E-state index is 12.6. The zero-order chi connectivity index (χ0) is 15.5. The molecule has 0 saturated carbocycles. The van der Waals surface area contributed by atoms with E-state index in [4.69, 9.17) is 4.74 Å². The Kier molecular flexibility index (Phi) is 4.57. The lowest BCUT2D eigenvalue weighted by Gasteiger charge is -2.28. The molecule has 1 aromatic carbocycles. The highest BCUT2D eigenvalue weighted by atomic mass is 32.2. The number of nitrogens with zero attached hydrogens (tertiary/aromatic N) is 2. The fraction of sp³-hybridized carbons (Fsp3) is 0.500. The minimum atomic E-state index is -0.236. The summed E-state index contributed by atoms with van der Waals surface area (Å²) >= 11 is 1.87. The lowest BCUT2D eigenvalue weighted by Crippen LogP contribution is -2.42. The van der Waals surface area contributed by atoms with Crippen molar-refractivity contribution < 1.29 is 14.3 Å². The van der Waals surface area contributed by atoms with Crippen molar-refractivity contribution >= 4 is 29.3 Å². The van der Waals surface area contributed by atoms with Crippen molar-refractivity contribution in [3.8, 4) is 5.75 Å². The monoisotopic (exact) mass is 320 g/mol. The highest BCUT2D eigenvalue weighted by molar-refractivity contribution is 7.99. The summed E-state index contributed by atoms with van der Waals surface area (Å²) < 4.78 is 5.33. The summed E-state index contributed by atoms with van der Waals surface area (Å²) in [5, 5.41) is 0. The molecule has 3 rings (SSSR count). The number of para-hydroxylation sites is 2. The van der Waals surface area contributed by atoms with Crippen LogP contribution in [-0.2, 0) is 9.59 Å². The Morgan fingerprint density at radius 2 is 2.00 bits per heavy atom. The predicted molar refractivity (Wildman–Crippen MR) is 87.4 cm³/mol. The summed E-state index contributed by atoms with van der Waals surface area (Å²) in [6.07, 6.45) is 0.292. The first-order valence-corrected chi connectivity index (χ1v) is 8.66. The first-order chi connectivity index (χ1) is 10.7. The highest BCUT2D eigenvalue weighted by Gasteiger charge is 2.38. The Labute approximate surface area is 134 Å². The van der Waals surface area contributed by atoms with Gasteiger partial charge in [0.05, 0.1) is 18.7 Å². The van der Waals surface area contributed by atoms with Crippen LogP contribution in [-0.4, -0.2) is 55.0 Å². The van der Waals surface area contributed by atoms with E-state index in [-0.39, 0.29) is 17.7 Å². The van der Waals surface area contributed by atoms with E-state index in [9.17, 15) is 9.59 Å². The van der Waals surface area contributed by atoms with Gasteiger partial charge < -0.3 is 14.5 Å². The molecule has 2 saturated heterocycles. The Morgan fingerprint density at radius 3 is 2.73 bits per heavy atom. The predicted octanol–water partition coefficient (Wildman–Crippen LogP) is 1.62. The summed E-state index contributed by atoms with van der Waals surface area (Å²) in [4.78, 5) is 28.5. The van der Waals surface area contributed by atoms with Gasteiger partial charge in [-0.2, -0.15) is 11.8 Å². The number of anilines is 1. The van der Waals surface area contributed by atoms with Crippen molar-refractivity contribution in [1.82, 2.24) is 4.90 Å². The zero-order valence-corrected chi connectivity index (χ0v) is 13.5. The molecule has 5 nitrogen and oxygen atoms in total. The van der Waals surface area contributed by atoms with Crippen LogP contribution in [0, 0.1) is 5.92 Å². The molecular formula is C16H20N2O3S. The number of carbonyl (C=O) groups excluding carboxylic acids is 2. The molecule has 0 aliphatic carbocycles. The van der Waals surface area contributed by atoms with E-state index in [1.807, 2.05) is 40.9 Å². The number of carbonyl (C=O) groups is 2. The lowest BCUT2D eigenvalue weighted by atomic mass is 10.1. The molecule has 2 heterocycles. The second-order valence-electron chi connectivity index (χ2n) is 5.51. The van der Waals surface area contributed by atoms with Gasteiger partial charge in [0.1, 0.15) is 5.75 Å². The molecule has 1 aromatic rings. The molecule has 118 valence electrons. The van der Waals surface area contributed by atoms with Crippen LogP contribution in [0.25, 0.3) is 0 Å². The van der Waals surface area contributed by atoms with Crippen LogP contribution in [0.3, 0.4) is 0 Å². The van der Waals surface area contributed by atoms with Crippen molar-refractivity contribution in [2.24, 2.45) is 5.92 Å². The first-order valence-electron chi connectivity index (χ1n) is 7.50. The second kappa shape index (κ2) is 6.60. The molecular weight excluding hydrogens is 300 g/mol. The van der Waals surface area contributed by atoms with Gasteiger partial charge in [0.25, 0.3) is 0 Å². The van der Waals surface area contributed by atoms with Crippen molar-refractivity contribution in [3.63, 3.8) is 0 Å². The molecule has 0 N–H and O–H groups in total. The molecule has 0 unspecified atom stereocenters. The molecule has 1 atom stereocenters. The molecule has 0 aromatic heterocycles. The molecule has 0 radical (unpaired) electrons. The maximum Gasteiger partial charge on any atom is 0.228 e. The van der Waals surface area contributed by atoms with Gasteiger partial charge in [-0.05, 0) is 12.1 Å². The van der Waals surface area contributed by atoms with Crippen LogP contribution in [0.1, 0.15) is 6.42 Å². The number of hydrogen-bond donors (Lipinski definition) is 0. The van der Waals surface area contributed by atoms with E-state index >= 15 is 0 Å². The largest absolute Gasteiger partial charge is 0.495 e. The highest BCUT2D eigenvalue weighted by Crippen LogP contribution is 2.33. The summed E-state index contributed by atoms with van der Waals surface area (Å²) in [5.74, 6) is 2.52. The number of hydrogen-bond acceptors (Lipinski definition) is 4. The van der Waals surface area contributed by atoms with E-state index in [0.717, 1.165) is 30.3 Å². The molecule has 2 aliphatic heterocycles. The van der Waals surface area contributed by atoms with E-state index in [1.165, 1.54) is 0 Å². The Balaban J connectivity index is 1.74. The van der Waals surface area contributed by atoms with Crippen LogP contribution in [0.5, 0.6) is 5.75 Å². The Bertz CT molecular complexity index is 572. The molecule has 0 spiro atoms. The number of thioether (sulfide) groups is 1. The fourth-order valence-corrected chi connectivity index (χ4v) is 3.90. The number of rotatable bonds is 3. The van der Waals surface area contributed by atoms with Gasteiger partial charge in [0.15, 0.2) is 0 Å². The van der Waals surface area contributed by atoms with E-state index < -0.39 is 0 Å². The summed E-state index contributed by atoms with van der Waals surface area (Å²) in [7, 11) is 1.59. The average Bonchev–Trinajstić information content (AvgIpc) is 2.96. The normalized spacial score (nSPS) is 22.0. The average molecular weight is 320 g/mol. The van der Waals surface area contributed by atoms with Gasteiger partial charge >= 0.3 is 0 Å². The van der Waals surface area contributed by atoms with Crippen molar-refractivity contribution in [1.29, 1.82) is 0 Å². The molecule has 0 bridgehead atoms. The summed E-state index contributed by atoms with van der Waals surface area (Å²) in [6.45, 7) is 2.04. The number of methoxy groups -OCH3 is 1. The third-order valence-corrected chi connectivity index (χ3v) is 5.12. The van der Waals surface area contributed by atoms with Gasteiger partial charge in [-0.1, -0.05) is 12.1 Å². The van der Waals surface area contributed by atoms with Crippen LogP contribution in [0.15, 0.2) is 24.3 Å². The van der Waals surface area contributed by atoms with Crippen LogP contribution in [0.2, 0.25) is 0 Å². The third kappa shape index (κ3) is 2.92. The van der Waals surface area contributed by atoms with Crippen molar-refractivity contribution in [2.45, 2.75) is 6.42 Å². The molecule has 2 aliphatic rings. The van der Waals surface area contributed by atoms with E-state index in [1.54, 1.807) is 12.0 Å². The fourth-order valence-electron chi connectivity index (χ4n) is 3.00. The van der Waals surface area contributed by atoms with Crippen LogP contribution >= 0.6 is 11.8 Å². The molecule has 22 heavy (non-hydrogen) atoms. The molecule has 2 amide bonds. The lowest BCUT2D eigenvalue weighted by molar-refractivity contribution is -0.135. The number of amides is 2. The van der Waals surface area contributed by atoms with Crippen LogP contribution < -0.4 is 9.64 Å². The first kappa shape index (κ1) is 15.2. The van der Waals surface area contributed by atoms with Gasteiger partial charge in [0, 0.05) is 37.6 Å². The van der Waals surface area contributed by atoms with Gasteiger partial charge in [0.2, 0.25) is 11.8 Å². The zero-order valence-electron chi connectivity index (χ0n) is 12.7. The standard InChI is InChI=1S/C16H20N2O3S/c1-21-14-5-3-2-4-13(14)18-11-12(10-15(18)19)16(20)17-6-8-22-9-7-17/h2-5,12H,6-11H2,1H3/t12-/m1/s1. The van der Waals surface area contributed by atoms with Crippen molar-refractivity contribution in [3.05, 3.63) is 24.3 Å². The van der Waals surface area contributed by atoms with Crippen LogP contribution in [0.4, 0.5) is 5.69 Å². The second-order valence-corrected chi connectivity index (χ2v) is 6.74. The minimum absolute atomic E-state index is 0.00534. The number of benzene rings is 1. The molecule has 6 heteroatoms. The molecule has 2 fully saturated rings. The quantitative estimate of drug-likeness (QED) is 0.849. The van der Waals surface area contributed by atoms with Gasteiger partial charge in [-0.3, -0.25) is 9.59 Å². The Morgan fingerprint density at radius 1 is 1.27 bits per heavy atom. The Hall–Kier alpha value is -1.69. The SMILES string of the molecule is COc1ccccc1N1C[C@H](C(=O)N2CCSCC2)CC1=O. The van der Waals surface area contributed by atoms with Crippen molar-refractivity contribution in [2.75, 3.05) is 43.1 Å².